The molecule has 1 aliphatic rings. The van der Waals surface area contributed by atoms with Crippen molar-refractivity contribution >= 4 is 17.6 Å². The second-order valence-electron chi connectivity index (χ2n) is 5.61. The van der Waals surface area contributed by atoms with Crippen LogP contribution in [0.15, 0.2) is 18.2 Å². The Morgan fingerprint density at radius 1 is 1.52 bits per heavy atom. The monoisotopic (exact) mass is 311 g/mol. The number of ether oxygens (including phenoxy) is 1. The van der Waals surface area contributed by atoms with E-state index in [0.717, 1.165) is 42.3 Å². The molecule has 1 aliphatic heterocycles. The minimum absolute atomic E-state index is 0.215. The lowest BCUT2D eigenvalue weighted by Gasteiger charge is -2.32. The van der Waals surface area contributed by atoms with Gasteiger partial charge >= 0.3 is 5.97 Å². The zero-order valence-corrected chi connectivity index (χ0v) is 13.1. The van der Waals surface area contributed by atoms with Gasteiger partial charge in [0.2, 0.25) is 0 Å². The van der Waals surface area contributed by atoms with Crippen LogP contribution in [0.4, 0.5) is 0 Å². The number of carboxylic acids is 1. The summed E-state index contributed by atoms with van der Waals surface area (Å²) in [4.78, 5) is 12.9. The summed E-state index contributed by atoms with van der Waals surface area (Å²) in [5, 5.41) is 9.51. The van der Waals surface area contributed by atoms with Crippen LogP contribution in [0.2, 0.25) is 5.02 Å². The van der Waals surface area contributed by atoms with Gasteiger partial charge in [-0.3, -0.25) is 4.79 Å². The molecule has 0 amide bonds. The molecule has 0 aromatic heterocycles. The number of hydrogen-bond acceptors (Lipinski definition) is 3. The fourth-order valence-electron chi connectivity index (χ4n) is 2.99. The van der Waals surface area contributed by atoms with E-state index < -0.39 is 5.97 Å². The Bertz CT molecular complexity index is 492. The smallest absolute Gasteiger partial charge is 0.304 e. The normalized spacial score (nSPS) is 19.4. The van der Waals surface area contributed by atoms with E-state index in [2.05, 4.69) is 4.90 Å². The predicted molar refractivity (Wildman–Crippen MR) is 83.1 cm³/mol. The van der Waals surface area contributed by atoms with Gasteiger partial charge in [-0.05, 0) is 55.5 Å². The molecule has 1 unspecified atom stereocenters. The van der Waals surface area contributed by atoms with E-state index in [1.54, 1.807) is 7.11 Å². The van der Waals surface area contributed by atoms with Crippen molar-refractivity contribution in [3.05, 3.63) is 28.8 Å². The van der Waals surface area contributed by atoms with E-state index in [1.165, 1.54) is 6.42 Å². The Labute approximate surface area is 130 Å². The minimum atomic E-state index is -0.728. The van der Waals surface area contributed by atoms with Crippen molar-refractivity contribution < 1.29 is 14.6 Å². The molecule has 1 atom stereocenters. The number of methoxy groups -OCH3 is 1. The Hall–Kier alpha value is -1.26. The highest BCUT2D eigenvalue weighted by atomic mass is 35.5. The van der Waals surface area contributed by atoms with Gasteiger partial charge in [-0.25, -0.2) is 0 Å². The molecule has 0 radical (unpaired) electrons. The zero-order valence-electron chi connectivity index (χ0n) is 12.3. The predicted octanol–water partition coefficient (Wildman–Crippen LogP) is 3.08. The van der Waals surface area contributed by atoms with Crippen LogP contribution in [-0.2, 0) is 11.2 Å². The first-order valence-electron chi connectivity index (χ1n) is 7.35. The molecule has 1 N–H and O–H groups in total. The number of carbonyl (C=O) groups is 1. The van der Waals surface area contributed by atoms with Crippen LogP contribution in [0.5, 0.6) is 5.75 Å². The summed E-state index contributed by atoms with van der Waals surface area (Å²) in [7, 11) is 1.67. The lowest BCUT2D eigenvalue weighted by molar-refractivity contribution is -0.137. The van der Waals surface area contributed by atoms with E-state index in [9.17, 15) is 4.79 Å². The first-order chi connectivity index (χ1) is 10.1. The fraction of sp³-hybridized carbons (Fsp3) is 0.562. The highest BCUT2D eigenvalue weighted by Gasteiger charge is 2.21. The largest absolute Gasteiger partial charge is 0.496 e. The lowest BCUT2D eigenvalue weighted by Crippen LogP contribution is -2.37. The maximum absolute atomic E-state index is 10.7. The van der Waals surface area contributed by atoms with Gasteiger partial charge in [0.25, 0.3) is 0 Å². The lowest BCUT2D eigenvalue weighted by atomic mass is 9.91. The Morgan fingerprint density at radius 3 is 3.05 bits per heavy atom. The number of piperidine rings is 1. The van der Waals surface area contributed by atoms with E-state index in [4.69, 9.17) is 21.4 Å². The summed E-state index contributed by atoms with van der Waals surface area (Å²) in [5.41, 5.74) is 1.13. The van der Waals surface area contributed by atoms with Crippen LogP contribution < -0.4 is 4.74 Å². The van der Waals surface area contributed by atoms with Crippen molar-refractivity contribution in [2.45, 2.75) is 25.7 Å². The van der Waals surface area contributed by atoms with Gasteiger partial charge in [0.05, 0.1) is 13.5 Å². The van der Waals surface area contributed by atoms with Crippen LogP contribution in [0.25, 0.3) is 0 Å². The Morgan fingerprint density at radius 2 is 2.33 bits per heavy atom. The molecule has 0 bridgehead atoms. The van der Waals surface area contributed by atoms with Crippen molar-refractivity contribution in [1.82, 2.24) is 4.90 Å². The maximum atomic E-state index is 10.7. The van der Waals surface area contributed by atoms with E-state index in [-0.39, 0.29) is 6.42 Å². The number of carboxylic acid groups (broad SMARTS) is 1. The molecule has 0 spiro atoms. The first kappa shape index (κ1) is 16.1. The van der Waals surface area contributed by atoms with Gasteiger partial charge in [0.1, 0.15) is 5.75 Å². The molecule has 2 rings (SSSR count). The molecule has 1 fully saturated rings. The summed E-state index contributed by atoms with van der Waals surface area (Å²) in [5.74, 6) is 0.676. The van der Waals surface area contributed by atoms with Gasteiger partial charge in [0.15, 0.2) is 0 Å². The molecular formula is C16H22ClNO3. The molecule has 1 aromatic carbocycles. The Balaban J connectivity index is 1.96. The van der Waals surface area contributed by atoms with Crippen molar-refractivity contribution in [1.29, 1.82) is 0 Å². The van der Waals surface area contributed by atoms with E-state index >= 15 is 0 Å². The minimum Gasteiger partial charge on any atom is -0.496 e. The summed E-state index contributed by atoms with van der Waals surface area (Å²) in [6, 6.07) is 5.71. The molecule has 5 heteroatoms. The number of halogens is 1. The zero-order chi connectivity index (χ0) is 15.2. The second kappa shape index (κ2) is 7.66. The average molecular weight is 312 g/mol. The molecular weight excluding hydrogens is 290 g/mol. The van der Waals surface area contributed by atoms with Crippen molar-refractivity contribution in [2.75, 3.05) is 26.7 Å². The third kappa shape index (κ3) is 4.90. The van der Waals surface area contributed by atoms with Gasteiger partial charge in [-0.2, -0.15) is 0 Å². The van der Waals surface area contributed by atoms with E-state index in [0.29, 0.717) is 12.5 Å². The highest BCUT2D eigenvalue weighted by molar-refractivity contribution is 6.30. The van der Waals surface area contributed by atoms with Crippen LogP contribution >= 0.6 is 11.6 Å². The van der Waals surface area contributed by atoms with Gasteiger partial charge in [0, 0.05) is 18.1 Å². The molecule has 0 saturated carbocycles. The van der Waals surface area contributed by atoms with Gasteiger partial charge < -0.3 is 14.7 Å². The molecule has 0 aliphatic carbocycles. The number of benzene rings is 1. The molecule has 21 heavy (non-hydrogen) atoms. The summed E-state index contributed by atoms with van der Waals surface area (Å²) < 4.78 is 5.40. The SMILES string of the molecule is COc1ccc(Cl)cc1CC1CCCN(CCC(=O)O)C1. The summed E-state index contributed by atoms with van der Waals surface area (Å²) in [6.45, 7) is 2.58. The molecule has 116 valence electrons. The fourth-order valence-corrected chi connectivity index (χ4v) is 3.19. The van der Waals surface area contributed by atoms with Crippen molar-refractivity contribution in [3.8, 4) is 5.75 Å². The topological polar surface area (TPSA) is 49.8 Å². The standard InChI is InChI=1S/C16H22ClNO3/c1-21-15-5-4-14(17)10-13(15)9-12-3-2-7-18(11-12)8-6-16(19)20/h4-5,10,12H,2-3,6-9,11H2,1H3,(H,19,20). The van der Waals surface area contributed by atoms with Gasteiger partial charge in [-0.15, -0.1) is 0 Å². The van der Waals surface area contributed by atoms with Gasteiger partial charge in [-0.1, -0.05) is 11.6 Å². The molecule has 4 nitrogen and oxygen atoms in total. The Kier molecular flexibility index (Phi) is 5.88. The maximum Gasteiger partial charge on any atom is 0.304 e. The quantitative estimate of drug-likeness (QED) is 0.877. The number of rotatable bonds is 6. The number of nitrogens with zero attached hydrogens (tertiary/aromatic N) is 1. The highest BCUT2D eigenvalue weighted by Crippen LogP contribution is 2.28. The van der Waals surface area contributed by atoms with Crippen LogP contribution in [0.1, 0.15) is 24.8 Å². The summed E-state index contributed by atoms with van der Waals surface area (Å²) in [6.07, 6.45) is 3.42. The molecule has 1 aromatic rings. The summed E-state index contributed by atoms with van der Waals surface area (Å²) >= 11 is 6.07. The van der Waals surface area contributed by atoms with Crippen LogP contribution in [-0.4, -0.2) is 42.7 Å². The third-order valence-electron chi connectivity index (χ3n) is 4.00. The molecule has 1 saturated heterocycles. The van der Waals surface area contributed by atoms with E-state index in [1.807, 2.05) is 18.2 Å². The number of hydrogen-bond donors (Lipinski definition) is 1. The average Bonchev–Trinajstić information content (AvgIpc) is 2.46. The van der Waals surface area contributed by atoms with Crippen molar-refractivity contribution in [2.24, 2.45) is 5.92 Å². The second-order valence-corrected chi connectivity index (χ2v) is 6.05. The third-order valence-corrected chi connectivity index (χ3v) is 4.23. The van der Waals surface area contributed by atoms with Crippen LogP contribution in [0.3, 0.4) is 0 Å². The van der Waals surface area contributed by atoms with Crippen molar-refractivity contribution in [3.63, 3.8) is 0 Å². The molecule has 1 heterocycles. The van der Waals surface area contributed by atoms with Crippen LogP contribution in [0, 0.1) is 5.92 Å². The number of aliphatic carboxylic acids is 1. The number of likely N-dealkylation sites (tertiary alicyclic amines) is 1. The first-order valence-corrected chi connectivity index (χ1v) is 7.73.